The van der Waals surface area contributed by atoms with Crippen LogP contribution in [0.25, 0.3) is 0 Å². The van der Waals surface area contributed by atoms with Crippen LogP contribution in [0, 0.1) is 0 Å². The van der Waals surface area contributed by atoms with Crippen LogP contribution in [-0.2, 0) is 9.53 Å². The second-order valence-corrected chi connectivity index (χ2v) is 2.38. The highest BCUT2D eigenvalue weighted by atomic mass is 16.6. The number of primary amides is 1. The minimum atomic E-state index is -0.873. The summed E-state index contributed by atoms with van der Waals surface area (Å²) in [7, 11) is 0. The van der Waals surface area contributed by atoms with Gasteiger partial charge in [-0.15, -0.1) is 0 Å². The van der Waals surface area contributed by atoms with Crippen molar-refractivity contribution < 1.29 is 14.3 Å². The molecule has 0 rings (SSSR count). The van der Waals surface area contributed by atoms with Gasteiger partial charge in [0.15, 0.2) is 6.10 Å². The Hall–Kier alpha value is -1.26. The molecular formula is C7H14N2O3. The Morgan fingerprint density at radius 3 is 2.58 bits per heavy atom. The molecular weight excluding hydrogens is 160 g/mol. The molecule has 0 saturated carbocycles. The van der Waals surface area contributed by atoms with E-state index in [1.807, 2.05) is 6.92 Å². The SMILES string of the molecule is CCCNC(=O)O[C@@H](C)C(N)=O. The van der Waals surface area contributed by atoms with Crippen LogP contribution in [0.15, 0.2) is 0 Å². The van der Waals surface area contributed by atoms with Crippen LogP contribution >= 0.6 is 0 Å². The van der Waals surface area contributed by atoms with E-state index in [1.54, 1.807) is 0 Å². The molecule has 0 spiro atoms. The van der Waals surface area contributed by atoms with E-state index in [2.05, 4.69) is 10.1 Å². The Bertz CT molecular complexity index is 170. The second-order valence-electron chi connectivity index (χ2n) is 2.38. The van der Waals surface area contributed by atoms with Gasteiger partial charge in [-0.3, -0.25) is 4.79 Å². The van der Waals surface area contributed by atoms with Crippen LogP contribution in [0.1, 0.15) is 20.3 Å². The molecule has 0 radical (unpaired) electrons. The fourth-order valence-electron chi connectivity index (χ4n) is 0.487. The lowest BCUT2D eigenvalue weighted by Crippen LogP contribution is -2.35. The Balaban J connectivity index is 3.61. The van der Waals surface area contributed by atoms with Gasteiger partial charge in [0.1, 0.15) is 0 Å². The molecule has 1 atom stereocenters. The summed E-state index contributed by atoms with van der Waals surface area (Å²) < 4.78 is 4.59. The zero-order valence-electron chi connectivity index (χ0n) is 7.29. The van der Waals surface area contributed by atoms with Crippen molar-refractivity contribution in [3.63, 3.8) is 0 Å². The van der Waals surface area contributed by atoms with Crippen molar-refractivity contribution in [1.29, 1.82) is 0 Å². The predicted molar refractivity (Wildman–Crippen MR) is 43.4 cm³/mol. The first-order valence-electron chi connectivity index (χ1n) is 3.81. The molecule has 0 aliphatic carbocycles. The lowest BCUT2D eigenvalue weighted by molar-refractivity contribution is -0.125. The molecule has 0 unspecified atom stereocenters. The van der Waals surface area contributed by atoms with Gasteiger partial charge in [0, 0.05) is 6.54 Å². The molecule has 5 heteroatoms. The van der Waals surface area contributed by atoms with Crippen molar-refractivity contribution in [2.45, 2.75) is 26.4 Å². The normalized spacial score (nSPS) is 11.8. The number of alkyl carbamates (subject to hydrolysis) is 1. The molecule has 0 aliphatic heterocycles. The van der Waals surface area contributed by atoms with Gasteiger partial charge in [-0.1, -0.05) is 6.92 Å². The largest absolute Gasteiger partial charge is 0.436 e. The highest BCUT2D eigenvalue weighted by Crippen LogP contribution is 1.89. The fraction of sp³-hybridized carbons (Fsp3) is 0.714. The summed E-state index contributed by atoms with van der Waals surface area (Å²) in [4.78, 5) is 21.2. The molecule has 5 nitrogen and oxygen atoms in total. The Morgan fingerprint density at radius 1 is 1.58 bits per heavy atom. The third-order valence-corrected chi connectivity index (χ3v) is 1.20. The number of nitrogens with one attached hydrogen (secondary N) is 1. The molecule has 12 heavy (non-hydrogen) atoms. The van der Waals surface area contributed by atoms with Crippen molar-refractivity contribution in [3.8, 4) is 0 Å². The summed E-state index contributed by atoms with van der Waals surface area (Å²) in [5.41, 5.74) is 4.87. The summed E-state index contributed by atoms with van der Waals surface area (Å²) in [6.07, 6.45) is -0.662. The first-order chi connectivity index (χ1) is 5.57. The van der Waals surface area contributed by atoms with Gasteiger partial charge in [0.05, 0.1) is 0 Å². The molecule has 0 bridgehead atoms. The number of hydrogen-bond acceptors (Lipinski definition) is 3. The van der Waals surface area contributed by atoms with Crippen LogP contribution in [-0.4, -0.2) is 24.6 Å². The topological polar surface area (TPSA) is 81.4 Å². The summed E-state index contributed by atoms with van der Waals surface area (Å²) in [5, 5.41) is 2.45. The summed E-state index contributed by atoms with van der Waals surface area (Å²) >= 11 is 0. The molecule has 0 aromatic heterocycles. The molecule has 70 valence electrons. The quantitative estimate of drug-likeness (QED) is 0.629. The van der Waals surface area contributed by atoms with E-state index >= 15 is 0 Å². The molecule has 0 aromatic carbocycles. The predicted octanol–water partition coefficient (Wildman–Crippen LogP) is -0.00360. The molecule has 0 fully saturated rings. The van der Waals surface area contributed by atoms with Gasteiger partial charge in [-0.05, 0) is 13.3 Å². The highest BCUT2D eigenvalue weighted by molar-refractivity contribution is 5.81. The third kappa shape index (κ3) is 4.54. The summed E-state index contributed by atoms with van der Waals surface area (Å²) in [6.45, 7) is 3.87. The van der Waals surface area contributed by atoms with Crippen molar-refractivity contribution in [3.05, 3.63) is 0 Å². The minimum Gasteiger partial charge on any atom is -0.436 e. The van der Waals surface area contributed by atoms with Gasteiger partial charge in [0.2, 0.25) is 0 Å². The standard InChI is InChI=1S/C7H14N2O3/c1-3-4-9-7(11)12-5(2)6(8)10/h5H,3-4H2,1-2H3,(H2,8,10)(H,9,11)/t5-/m0/s1. The Labute approximate surface area is 71.3 Å². The highest BCUT2D eigenvalue weighted by Gasteiger charge is 2.12. The van der Waals surface area contributed by atoms with Crippen LogP contribution in [0.3, 0.4) is 0 Å². The average Bonchev–Trinajstić information content (AvgIpc) is 2.00. The Morgan fingerprint density at radius 2 is 2.17 bits per heavy atom. The maximum atomic E-state index is 10.8. The molecule has 0 saturated heterocycles. The second kappa shape index (κ2) is 5.40. The van der Waals surface area contributed by atoms with Crippen LogP contribution in [0.2, 0.25) is 0 Å². The average molecular weight is 174 g/mol. The molecule has 0 aromatic rings. The summed E-state index contributed by atoms with van der Waals surface area (Å²) in [5.74, 6) is -0.651. The molecule has 0 aliphatic rings. The fourth-order valence-corrected chi connectivity index (χ4v) is 0.487. The van der Waals surface area contributed by atoms with Crippen molar-refractivity contribution >= 4 is 12.0 Å². The number of rotatable bonds is 4. The van der Waals surface area contributed by atoms with Crippen molar-refractivity contribution in [1.82, 2.24) is 5.32 Å². The van der Waals surface area contributed by atoms with E-state index in [9.17, 15) is 9.59 Å². The number of nitrogens with two attached hydrogens (primary N) is 1. The van der Waals surface area contributed by atoms with Gasteiger partial charge in [-0.2, -0.15) is 0 Å². The number of hydrogen-bond donors (Lipinski definition) is 2. The molecule has 0 heterocycles. The lowest BCUT2D eigenvalue weighted by atomic mass is 10.4. The zero-order chi connectivity index (χ0) is 9.56. The number of carbonyl (C=O) groups is 2. The van der Waals surface area contributed by atoms with E-state index in [0.717, 1.165) is 6.42 Å². The smallest absolute Gasteiger partial charge is 0.407 e. The lowest BCUT2D eigenvalue weighted by Gasteiger charge is -2.09. The van der Waals surface area contributed by atoms with Gasteiger partial charge < -0.3 is 15.8 Å². The monoisotopic (exact) mass is 174 g/mol. The van der Waals surface area contributed by atoms with Gasteiger partial charge in [-0.25, -0.2) is 4.79 Å². The molecule has 3 N–H and O–H groups in total. The Kier molecular flexibility index (Phi) is 4.83. The summed E-state index contributed by atoms with van der Waals surface area (Å²) in [6, 6.07) is 0. The van der Waals surface area contributed by atoms with Gasteiger partial charge in [0.25, 0.3) is 5.91 Å². The minimum absolute atomic E-state index is 0.532. The van der Waals surface area contributed by atoms with E-state index in [-0.39, 0.29) is 0 Å². The van der Waals surface area contributed by atoms with Crippen molar-refractivity contribution in [2.24, 2.45) is 5.73 Å². The van der Waals surface area contributed by atoms with E-state index < -0.39 is 18.1 Å². The first-order valence-corrected chi connectivity index (χ1v) is 3.81. The van der Waals surface area contributed by atoms with E-state index in [1.165, 1.54) is 6.92 Å². The maximum absolute atomic E-state index is 10.8. The molecule has 2 amide bonds. The van der Waals surface area contributed by atoms with Crippen molar-refractivity contribution in [2.75, 3.05) is 6.54 Å². The maximum Gasteiger partial charge on any atom is 0.407 e. The number of carbonyl (C=O) groups excluding carboxylic acids is 2. The first kappa shape index (κ1) is 10.7. The van der Waals surface area contributed by atoms with E-state index in [4.69, 9.17) is 5.73 Å². The third-order valence-electron chi connectivity index (χ3n) is 1.20. The van der Waals surface area contributed by atoms with Crippen LogP contribution < -0.4 is 11.1 Å². The zero-order valence-corrected chi connectivity index (χ0v) is 7.29. The van der Waals surface area contributed by atoms with Crippen LogP contribution in [0.4, 0.5) is 4.79 Å². The van der Waals surface area contributed by atoms with Crippen LogP contribution in [0.5, 0.6) is 0 Å². The number of amides is 2. The number of ether oxygens (including phenoxy) is 1. The van der Waals surface area contributed by atoms with E-state index in [0.29, 0.717) is 6.54 Å². The van der Waals surface area contributed by atoms with Gasteiger partial charge >= 0.3 is 6.09 Å².